The molecule has 0 radical (unpaired) electrons. The topological polar surface area (TPSA) is 59.1 Å². The van der Waals surface area contributed by atoms with Gasteiger partial charge in [-0.05, 0) is 83.7 Å². The fourth-order valence-electron chi connectivity index (χ4n) is 3.20. The van der Waals surface area contributed by atoms with E-state index in [1.165, 1.54) is 0 Å². The molecule has 0 aromatic heterocycles. The highest BCUT2D eigenvalue weighted by atomic mass is 16.5. The molecular formula is C22H22N2O. The Kier molecular flexibility index (Phi) is 4.57. The van der Waals surface area contributed by atoms with Crippen LogP contribution >= 0.6 is 0 Å². The van der Waals surface area contributed by atoms with Gasteiger partial charge in [-0.25, -0.2) is 0 Å². The maximum Gasteiger partial charge on any atom is 0.124 e. The van der Waals surface area contributed by atoms with E-state index in [0.717, 1.165) is 44.8 Å². The van der Waals surface area contributed by atoms with Gasteiger partial charge in [-0.1, -0.05) is 24.3 Å². The van der Waals surface area contributed by atoms with Crippen molar-refractivity contribution in [2.75, 3.05) is 12.8 Å². The van der Waals surface area contributed by atoms with Gasteiger partial charge < -0.3 is 15.9 Å². The molecule has 0 heterocycles. The van der Waals surface area contributed by atoms with Crippen molar-refractivity contribution < 1.29 is 4.74 Å². The average Bonchev–Trinajstić information content (AvgIpc) is 2.58. The molecule has 126 valence electrons. The fraction of sp³-hybridized carbons (Fsp3) is 0.136. The van der Waals surface area contributed by atoms with Gasteiger partial charge in [0.2, 0.25) is 0 Å². The highest BCUT2D eigenvalue weighted by Gasteiger charge is 2.14. The lowest BCUT2D eigenvalue weighted by molar-refractivity contribution is 0.408. The van der Waals surface area contributed by atoms with E-state index < -0.39 is 0 Å². The van der Waals surface area contributed by atoms with Crippen molar-refractivity contribution in [3.63, 3.8) is 0 Å². The summed E-state index contributed by atoms with van der Waals surface area (Å²) < 4.78 is 5.50. The molecule has 0 saturated carbocycles. The van der Waals surface area contributed by atoms with Crippen LogP contribution in [0.1, 0.15) is 22.3 Å². The summed E-state index contributed by atoms with van der Waals surface area (Å²) >= 11 is 0. The molecule has 0 spiro atoms. The summed E-state index contributed by atoms with van der Waals surface area (Å²) in [5.41, 5.74) is 13.7. The van der Waals surface area contributed by atoms with E-state index in [0.29, 0.717) is 5.71 Å². The molecule has 0 fully saturated rings. The number of benzene rings is 2. The number of rotatable bonds is 3. The fourth-order valence-corrected chi connectivity index (χ4v) is 3.20. The predicted octanol–water partition coefficient (Wildman–Crippen LogP) is 4.84. The van der Waals surface area contributed by atoms with Gasteiger partial charge in [0.25, 0.3) is 0 Å². The first kappa shape index (κ1) is 16.8. The second-order valence-corrected chi connectivity index (χ2v) is 6.22. The van der Waals surface area contributed by atoms with Crippen LogP contribution in [-0.4, -0.2) is 12.8 Å². The number of methoxy groups -OCH3 is 1. The Morgan fingerprint density at radius 3 is 1.96 bits per heavy atom. The third-order valence-electron chi connectivity index (χ3n) is 4.33. The summed E-state index contributed by atoms with van der Waals surface area (Å²) in [4.78, 5) is 0. The highest BCUT2D eigenvalue weighted by Crippen LogP contribution is 2.34. The first-order valence-corrected chi connectivity index (χ1v) is 8.20. The maximum absolute atomic E-state index is 7.75. The number of nitrogens with one attached hydrogen (secondary N) is 1. The van der Waals surface area contributed by atoms with Crippen LogP contribution in [0.2, 0.25) is 0 Å². The lowest BCUT2D eigenvalue weighted by Gasteiger charge is -2.17. The lowest BCUT2D eigenvalue weighted by Crippen LogP contribution is -1.99. The first-order valence-electron chi connectivity index (χ1n) is 8.20. The molecule has 3 N–H and O–H groups in total. The third kappa shape index (κ3) is 3.41. The summed E-state index contributed by atoms with van der Waals surface area (Å²) in [6, 6.07) is 12.2. The molecule has 0 aliphatic heterocycles. The summed E-state index contributed by atoms with van der Waals surface area (Å²) in [6.45, 7) is 4.12. The Balaban J connectivity index is 2.24. The molecule has 1 aliphatic rings. The number of hydrogen-bond acceptors (Lipinski definition) is 3. The van der Waals surface area contributed by atoms with Crippen LogP contribution in [0, 0.1) is 19.3 Å². The average molecular weight is 330 g/mol. The summed E-state index contributed by atoms with van der Waals surface area (Å²) in [6.07, 6.45) is 7.61. The van der Waals surface area contributed by atoms with Crippen molar-refractivity contribution in [2.24, 2.45) is 0 Å². The van der Waals surface area contributed by atoms with Crippen molar-refractivity contribution >= 4 is 17.0 Å². The second kappa shape index (κ2) is 6.81. The molecule has 0 bridgehead atoms. The Morgan fingerprint density at radius 1 is 0.880 bits per heavy atom. The number of nitrogen functional groups attached to an aromatic ring is 1. The molecule has 2 aromatic rings. The molecule has 0 amide bonds. The van der Waals surface area contributed by atoms with Gasteiger partial charge in [-0.15, -0.1) is 0 Å². The summed E-state index contributed by atoms with van der Waals surface area (Å²) in [5, 5.41) is 7.75. The normalized spacial score (nSPS) is 13.2. The Bertz CT molecular complexity index is 875. The highest BCUT2D eigenvalue weighted by molar-refractivity contribution is 6.05. The van der Waals surface area contributed by atoms with Crippen LogP contribution < -0.4 is 10.5 Å². The maximum atomic E-state index is 7.75. The smallest absolute Gasteiger partial charge is 0.124 e. The summed E-state index contributed by atoms with van der Waals surface area (Å²) in [7, 11) is 1.70. The van der Waals surface area contributed by atoms with Crippen molar-refractivity contribution in [2.45, 2.75) is 13.8 Å². The van der Waals surface area contributed by atoms with E-state index in [1.807, 2.05) is 48.6 Å². The van der Waals surface area contributed by atoms with Gasteiger partial charge in [0.1, 0.15) is 5.75 Å². The van der Waals surface area contributed by atoms with E-state index in [-0.39, 0.29) is 0 Å². The Hall–Kier alpha value is -3.07. The van der Waals surface area contributed by atoms with Crippen LogP contribution in [0.4, 0.5) is 5.69 Å². The van der Waals surface area contributed by atoms with Gasteiger partial charge in [0.05, 0.1) is 12.8 Å². The Labute approximate surface area is 148 Å². The van der Waals surface area contributed by atoms with E-state index in [9.17, 15) is 0 Å². The van der Waals surface area contributed by atoms with Crippen LogP contribution in [0.25, 0.3) is 5.57 Å². The molecule has 0 unspecified atom stereocenters. The standard InChI is InChI=1S/C22H22N2O/c1-14-12-18(13-15(2)22(14)25-3)21(16-4-8-19(23)9-5-16)17-6-10-20(24)11-7-17/h4-13,23H,24H2,1-3H3. The van der Waals surface area contributed by atoms with Crippen LogP contribution in [0.3, 0.4) is 0 Å². The number of ether oxygens (including phenoxy) is 1. The van der Waals surface area contributed by atoms with Gasteiger partial charge in [0, 0.05) is 5.69 Å². The minimum atomic E-state index is 0.502. The number of anilines is 1. The monoisotopic (exact) mass is 330 g/mol. The van der Waals surface area contributed by atoms with E-state index in [2.05, 4.69) is 26.0 Å². The lowest BCUT2D eigenvalue weighted by atomic mass is 9.89. The molecule has 1 aliphatic carbocycles. The van der Waals surface area contributed by atoms with Crippen LogP contribution in [0.15, 0.2) is 66.3 Å². The SMILES string of the molecule is COc1c(C)cc(C(=C2C=CC(=N)C=C2)c2ccc(N)cc2)cc1C. The van der Waals surface area contributed by atoms with Gasteiger partial charge in [-0.3, -0.25) is 0 Å². The zero-order valence-electron chi connectivity index (χ0n) is 14.8. The van der Waals surface area contributed by atoms with E-state index in [1.54, 1.807) is 7.11 Å². The minimum absolute atomic E-state index is 0.502. The largest absolute Gasteiger partial charge is 0.496 e. The quantitative estimate of drug-likeness (QED) is 0.791. The number of hydrogen-bond donors (Lipinski definition) is 2. The number of aryl methyl sites for hydroxylation is 2. The molecule has 3 heteroatoms. The Morgan fingerprint density at radius 2 is 1.44 bits per heavy atom. The van der Waals surface area contributed by atoms with E-state index >= 15 is 0 Å². The molecule has 25 heavy (non-hydrogen) atoms. The molecular weight excluding hydrogens is 308 g/mol. The van der Waals surface area contributed by atoms with Gasteiger partial charge >= 0.3 is 0 Å². The summed E-state index contributed by atoms with van der Waals surface area (Å²) in [5.74, 6) is 0.918. The zero-order valence-corrected chi connectivity index (χ0v) is 14.8. The molecule has 3 nitrogen and oxygen atoms in total. The number of allylic oxidation sites excluding steroid dienone is 5. The second-order valence-electron chi connectivity index (χ2n) is 6.22. The third-order valence-corrected chi connectivity index (χ3v) is 4.33. The van der Waals surface area contributed by atoms with Crippen molar-refractivity contribution in [3.05, 3.63) is 88.5 Å². The van der Waals surface area contributed by atoms with Crippen molar-refractivity contribution in [3.8, 4) is 5.75 Å². The first-order chi connectivity index (χ1) is 12.0. The van der Waals surface area contributed by atoms with Gasteiger partial charge in [0.15, 0.2) is 0 Å². The molecule has 2 aromatic carbocycles. The van der Waals surface area contributed by atoms with Crippen LogP contribution in [-0.2, 0) is 0 Å². The molecule has 3 rings (SSSR count). The van der Waals surface area contributed by atoms with Gasteiger partial charge in [-0.2, -0.15) is 0 Å². The van der Waals surface area contributed by atoms with Crippen molar-refractivity contribution in [1.29, 1.82) is 5.41 Å². The molecule has 0 saturated heterocycles. The number of nitrogens with two attached hydrogens (primary N) is 1. The predicted molar refractivity (Wildman–Crippen MR) is 105 cm³/mol. The minimum Gasteiger partial charge on any atom is -0.496 e. The molecule has 0 atom stereocenters. The van der Waals surface area contributed by atoms with Crippen LogP contribution in [0.5, 0.6) is 5.75 Å². The zero-order chi connectivity index (χ0) is 18.0. The van der Waals surface area contributed by atoms with E-state index in [4.69, 9.17) is 15.9 Å². The van der Waals surface area contributed by atoms with Crippen molar-refractivity contribution in [1.82, 2.24) is 0 Å².